The lowest BCUT2D eigenvalue weighted by molar-refractivity contribution is 0.0506. The first-order chi connectivity index (χ1) is 9.78. The van der Waals surface area contributed by atoms with Crippen LogP contribution in [0.1, 0.15) is 52.8 Å². The second-order valence-electron chi connectivity index (χ2n) is 6.14. The smallest absolute Gasteiger partial charge is 0.407 e. The maximum Gasteiger partial charge on any atom is 0.407 e. The Bertz CT molecular complexity index is 431. The maximum absolute atomic E-state index is 11.6. The Morgan fingerprint density at radius 1 is 1.33 bits per heavy atom. The van der Waals surface area contributed by atoms with Crippen molar-refractivity contribution in [1.82, 2.24) is 20.6 Å². The lowest BCUT2D eigenvalue weighted by Crippen LogP contribution is -2.39. The molecule has 118 valence electrons. The van der Waals surface area contributed by atoms with E-state index in [9.17, 15) is 4.79 Å². The first kappa shape index (κ1) is 17.4. The van der Waals surface area contributed by atoms with Gasteiger partial charge in [0, 0.05) is 30.7 Å². The summed E-state index contributed by atoms with van der Waals surface area (Å²) >= 11 is 0. The molecule has 1 rings (SSSR count). The van der Waals surface area contributed by atoms with Crippen molar-refractivity contribution in [3.8, 4) is 0 Å². The average Bonchev–Trinajstić information content (AvgIpc) is 2.37. The zero-order chi connectivity index (χ0) is 15.9. The molecule has 0 bridgehead atoms. The summed E-state index contributed by atoms with van der Waals surface area (Å²) in [4.78, 5) is 19.9. The third-order valence-electron chi connectivity index (χ3n) is 2.82. The largest absolute Gasteiger partial charge is 0.444 e. The van der Waals surface area contributed by atoms with Gasteiger partial charge in [0.1, 0.15) is 5.60 Å². The van der Waals surface area contributed by atoms with Crippen molar-refractivity contribution in [3.63, 3.8) is 0 Å². The van der Waals surface area contributed by atoms with E-state index in [1.54, 1.807) is 18.6 Å². The molecule has 0 aromatic carbocycles. The van der Waals surface area contributed by atoms with Gasteiger partial charge >= 0.3 is 6.09 Å². The highest BCUT2D eigenvalue weighted by Crippen LogP contribution is 2.08. The van der Waals surface area contributed by atoms with Crippen LogP contribution in [0.4, 0.5) is 4.79 Å². The van der Waals surface area contributed by atoms with Crippen LogP contribution in [0.25, 0.3) is 0 Å². The molecule has 2 N–H and O–H groups in total. The van der Waals surface area contributed by atoms with Crippen LogP contribution in [0.15, 0.2) is 18.6 Å². The van der Waals surface area contributed by atoms with Gasteiger partial charge in [0.05, 0.1) is 5.69 Å². The molecular weight excluding hydrogens is 268 g/mol. The molecule has 0 aliphatic rings. The Morgan fingerprint density at radius 2 is 2.05 bits per heavy atom. The lowest BCUT2D eigenvalue weighted by atomic mass is 10.2. The Hall–Kier alpha value is -1.69. The molecule has 0 fully saturated rings. The minimum Gasteiger partial charge on any atom is -0.444 e. The monoisotopic (exact) mass is 294 g/mol. The van der Waals surface area contributed by atoms with Crippen LogP contribution in [0.5, 0.6) is 0 Å². The Labute approximate surface area is 126 Å². The first-order valence-electron chi connectivity index (χ1n) is 7.27. The molecule has 21 heavy (non-hydrogen) atoms. The number of rotatable bonds is 6. The molecule has 1 heterocycles. The summed E-state index contributed by atoms with van der Waals surface area (Å²) in [6.45, 7) is 10.3. The van der Waals surface area contributed by atoms with Crippen LogP contribution in [-0.2, 0) is 4.74 Å². The van der Waals surface area contributed by atoms with Gasteiger partial charge in [0.25, 0.3) is 0 Å². The number of nitrogens with zero attached hydrogens (tertiary/aromatic N) is 2. The molecular formula is C15H26N4O2. The van der Waals surface area contributed by atoms with Crippen LogP contribution in [-0.4, -0.2) is 34.2 Å². The molecule has 6 heteroatoms. The van der Waals surface area contributed by atoms with E-state index in [1.165, 1.54) is 0 Å². The number of ether oxygens (including phenoxy) is 1. The summed E-state index contributed by atoms with van der Waals surface area (Å²) < 4.78 is 5.22. The van der Waals surface area contributed by atoms with Crippen molar-refractivity contribution in [3.05, 3.63) is 24.3 Å². The second kappa shape index (κ2) is 7.93. The van der Waals surface area contributed by atoms with Crippen molar-refractivity contribution in [2.75, 3.05) is 6.54 Å². The van der Waals surface area contributed by atoms with Gasteiger partial charge in [-0.15, -0.1) is 0 Å². The molecule has 0 saturated heterocycles. The van der Waals surface area contributed by atoms with Crippen molar-refractivity contribution in [2.45, 2.75) is 58.7 Å². The first-order valence-corrected chi connectivity index (χ1v) is 7.27. The van der Waals surface area contributed by atoms with Gasteiger partial charge in [0.2, 0.25) is 0 Å². The van der Waals surface area contributed by atoms with E-state index < -0.39 is 5.60 Å². The fraction of sp³-hybridized carbons (Fsp3) is 0.667. The van der Waals surface area contributed by atoms with E-state index in [2.05, 4.69) is 20.6 Å². The average molecular weight is 294 g/mol. The number of carbonyl (C=O) groups is 1. The fourth-order valence-electron chi connectivity index (χ4n) is 1.74. The number of aromatic nitrogens is 2. The van der Waals surface area contributed by atoms with Crippen molar-refractivity contribution in [2.24, 2.45) is 0 Å². The highest BCUT2D eigenvalue weighted by molar-refractivity contribution is 5.67. The Kier molecular flexibility index (Phi) is 6.55. The summed E-state index contributed by atoms with van der Waals surface area (Å²) in [6, 6.07) is 0.175. The summed E-state index contributed by atoms with van der Waals surface area (Å²) in [7, 11) is 0. The van der Waals surface area contributed by atoms with Gasteiger partial charge in [-0.3, -0.25) is 9.97 Å². The summed E-state index contributed by atoms with van der Waals surface area (Å²) in [5.74, 6) is 0. The normalized spacial score (nSPS) is 14.3. The van der Waals surface area contributed by atoms with E-state index in [0.29, 0.717) is 0 Å². The number of alkyl carbamates (subject to hydrolysis) is 1. The Balaban J connectivity index is 2.24. The van der Waals surface area contributed by atoms with Crippen LogP contribution in [0.2, 0.25) is 0 Å². The number of hydrogen-bond donors (Lipinski definition) is 2. The van der Waals surface area contributed by atoms with Gasteiger partial charge < -0.3 is 15.4 Å². The molecule has 6 nitrogen and oxygen atoms in total. The molecule has 0 aliphatic heterocycles. The zero-order valence-corrected chi connectivity index (χ0v) is 13.5. The Morgan fingerprint density at radius 3 is 2.62 bits per heavy atom. The van der Waals surface area contributed by atoms with Crippen LogP contribution >= 0.6 is 0 Å². The molecule has 0 radical (unpaired) electrons. The van der Waals surface area contributed by atoms with Crippen molar-refractivity contribution < 1.29 is 9.53 Å². The summed E-state index contributed by atoms with van der Waals surface area (Å²) in [6.07, 6.45) is 5.52. The molecule has 0 saturated carbocycles. The SMILES string of the molecule is CC(CCNC(C)c1cnccn1)NC(=O)OC(C)(C)C. The van der Waals surface area contributed by atoms with Crippen LogP contribution in [0.3, 0.4) is 0 Å². The summed E-state index contributed by atoms with van der Waals surface area (Å²) in [5.41, 5.74) is 0.438. The highest BCUT2D eigenvalue weighted by atomic mass is 16.6. The van der Waals surface area contributed by atoms with E-state index >= 15 is 0 Å². The molecule has 2 atom stereocenters. The molecule has 1 amide bonds. The summed E-state index contributed by atoms with van der Waals surface area (Å²) in [5, 5.41) is 6.18. The minimum atomic E-state index is -0.470. The molecule has 2 unspecified atom stereocenters. The van der Waals surface area contributed by atoms with E-state index in [0.717, 1.165) is 18.7 Å². The number of carbonyl (C=O) groups excluding carboxylic acids is 1. The third kappa shape index (κ3) is 7.60. The minimum absolute atomic E-state index is 0.0430. The van der Waals surface area contributed by atoms with Gasteiger partial charge in [-0.2, -0.15) is 0 Å². The maximum atomic E-state index is 11.6. The van der Waals surface area contributed by atoms with Gasteiger partial charge in [-0.1, -0.05) is 0 Å². The van der Waals surface area contributed by atoms with Crippen molar-refractivity contribution >= 4 is 6.09 Å². The van der Waals surface area contributed by atoms with Gasteiger partial charge in [-0.25, -0.2) is 4.79 Å². The van der Waals surface area contributed by atoms with Crippen molar-refractivity contribution in [1.29, 1.82) is 0 Å². The predicted molar refractivity (Wildman–Crippen MR) is 81.9 cm³/mol. The second-order valence-corrected chi connectivity index (χ2v) is 6.14. The molecule has 1 aromatic heterocycles. The highest BCUT2D eigenvalue weighted by Gasteiger charge is 2.17. The van der Waals surface area contributed by atoms with Gasteiger partial charge in [-0.05, 0) is 47.6 Å². The third-order valence-corrected chi connectivity index (χ3v) is 2.82. The number of amides is 1. The fourth-order valence-corrected chi connectivity index (χ4v) is 1.74. The van der Waals surface area contributed by atoms with Crippen LogP contribution < -0.4 is 10.6 Å². The van der Waals surface area contributed by atoms with E-state index in [-0.39, 0.29) is 18.2 Å². The predicted octanol–water partition coefficient (Wildman–Crippen LogP) is 2.43. The van der Waals surface area contributed by atoms with Gasteiger partial charge in [0.15, 0.2) is 0 Å². The standard InChI is InChI=1S/C15H26N4O2/c1-11(19-14(20)21-15(3,4)5)6-7-17-12(2)13-10-16-8-9-18-13/h8-12,17H,6-7H2,1-5H3,(H,19,20). The van der Waals surface area contributed by atoms with E-state index in [4.69, 9.17) is 4.74 Å². The lowest BCUT2D eigenvalue weighted by Gasteiger charge is -2.22. The number of hydrogen-bond acceptors (Lipinski definition) is 5. The van der Waals surface area contributed by atoms with E-state index in [1.807, 2.05) is 34.6 Å². The molecule has 0 aliphatic carbocycles. The zero-order valence-electron chi connectivity index (χ0n) is 13.5. The molecule has 1 aromatic rings. The quantitative estimate of drug-likeness (QED) is 0.842. The topological polar surface area (TPSA) is 76.1 Å². The number of nitrogens with one attached hydrogen (secondary N) is 2. The molecule has 0 spiro atoms. The van der Waals surface area contributed by atoms with Crippen LogP contribution in [0, 0.1) is 0 Å².